The van der Waals surface area contributed by atoms with Crippen LogP contribution in [0.4, 0.5) is 0 Å². The van der Waals surface area contributed by atoms with E-state index in [-0.39, 0.29) is 5.41 Å². The number of fused-ring (bicyclic) bond motifs is 1. The average molecular weight is 553 g/mol. The molecule has 2 heterocycles. The lowest BCUT2D eigenvalue weighted by Crippen LogP contribution is -2.42. The Morgan fingerprint density at radius 3 is 1.26 bits per heavy atom. The first-order valence-corrected chi connectivity index (χ1v) is 17.2. The van der Waals surface area contributed by atoms with Gasteiger partial charge in [0.2, 0.25) is 0 Å². The van der Waals surface area contributed by atoms with Gasteiger partial charge < -0.3 is 18.9 Å². The summed E-state index contributed by atoms with van der Waals surface area (Å²) in [5.74, 6) is 1.72. The number of hydrogen-bond donors (Lipinski definition) is 0. The van der Waals surface area contributed by atoms with E-state index in [0.29, 0.717) is 26.4 Å². The number of hydrogen-bond acceptors (Lipinski definition) is 5. The van der Waals surface area contributed by atoms with E-state index in [1.54, 1.807) is 11.3 Å². The Morgan fingerprint density at radius 2 is 0.895 bits per heavy atom. The largest absolute Gasteiger partial charge is 0.488 e. The summed E-state index contributed by atoms with van der Waals surface area (Å²) < 4.78 is 24.7. The van der Waals surface area contributed by atoms with E-state index in [4.69, 9.17) is 18.9 Å². The summed E-state index contributed by atoms with van der Waals surface area (Å²) in [5, 5.41) is 4.06. The van der Waals surface area contributed by atoms with Crippen LogP contribution < -0.4 is 9.47 Å². The molecule has 222 valence electrons. The summed E-state index contributed by atoms with van der Waals surface area (Å²) in [4.78, 5) is 0. The van der Waals surface area contributed by atoms with Gasteiger partial charge in [-0.1, -0.05) is 129 Å². The maximum absolute atomic E-state index is 6.20. The quantitative estimate of drug-likeness (QED) is 0.107. The molecule has 0 amide bonds. The molecule has 0 bridgehead atoms. The summed E-state index contributed by atoms with van der Waals surface area (Å²) in [5.41, 5.74) is -0.242. The third kappa shape index (κ3) is 15.7. The third-order valence-corrected chi connectivity index (χ3v) is 8.46. The molecule has 5 heteroatoms. The zero-order valence-corrected chi connectivity index (χ0v) is 25.9. The van der Waals surface area contributed by atoms with Gasteiger partial charge in [0.25, 0.3) is 0 Å². The topological polar surface area (TPSA) is 36.9 Å². The lowest BCUT2D eigenvalue weighted by atomic mass is 9.92. The van der Waals surface area contributed by atoms with Crippen molar-refractivity contribution in [2.24, 2.45) is 5.41 Å². The average Bonchev–Trinajstić information content (AvgIpc) is 3.32. The van der Waals surface area contributed by atoms with Crippen molar-refractivity contribution < 1.29 is 18.9 Å². The fourth-order valence-corrected chi connectivity index (χ4v) is 5.84. The van der Waals surface area contributed by atoms with Crippen molar-refractivity contribution in [3.05, 3.63) is 10.8 Å². The number of ether oxygens (including phenoxy) is 4. The van der Waals surface area contributed by atoms with E-state index in [1.165, 1.54) is 116 Å². The predicted octanol–water partition coefficient (Wildman–Crippen LogP) is 10.4. The Balaban J connectivity index is 1.56. The van der Waals surface area contributed by atoms with Gasteiger partial charge in [-0.05, 0) is 12.8 Å². The van der Waals surface area contributed by atoms with Gasteiger partial charge >= 0.3 is 0 Å². The summed E-state index contributed by atoms with van der Waals surface area (Å²) >= 11 is 1.63. The van der Waals surface area contributed by atoms with E-state index < -0.39 is 0 Å². The molecule has 0 unspecified atom stereocenters. The second kappa shape index (κ2) is 23.0. The van der Waals surface area contributed by atoms with Gasteiger partial charge in [-0.3, -0.25) is 0 Å². The Morgan fingerprint density at radius 1 is 0.553 bits per heavy atom. The molecule has 0 aromatic carbocycles. The van der Waals surface area contributed by atoms with Gasteiger partial charge in [0.15, 0.2) is 11.5 Å². The maximum Gasteiger partial charge on any atom is 0.171 e. The first kappa shape index (κ1) is 33.4. The Kier molecular flexibility index (Phi) is 20.2. The van der Waals surface area contributed by atoms with Crippen LogP contribution in [0.3, 0.4) is 0 Å². The van der Waals surface area contributed by atoms with E-state index in [9.17, 15) is 0 Å². The van der Waals surface area contributed by atoms with Crippen LogP contribution in [0.5, 0.6) is 11.5 Å². The molecule has 0 atom stereocenters. The molecular formula is C33H60O4S. The zero-order chi connectivity index (χ0) is 27.0. The standard InChI is InChI=1S/C33H60O4S/c1-3-5-7-9-11-13-15-17-19-21-23-34-27-33(29-36-31-25-38-26-32(31)37-30-33)28-35-24-22-20-18-16-14-12-10-8-6-4-2/h25-26H,3-24,27-30H2,1-2H3. The molecule has 4 nitrogen and oxygen atoms in total. The molecular weight excluding hydrogens is 492 g/mol. The molecule has 0 aliphatic carbocycles. The minimum Gasteiger partial charge on any atom is -0.488 e. The lowest BCUT2D eigenvalue weighted by molar-refractivity contribution is -0.0605. The number of thiophene rings is 1. The van der Waals surface area contributed by atoms with Gasteiger partial charge in [-0.15, -0.1) is 11.3 Å². The number of rotatable bonds is 26. The Hall–Kier alpha value is -0.780. The van der Waals surface area contributed by atoms with Crippen LogP contribution in [0.25, 0.3) is 0 Å². The van der Waals surface area contributed by atoms with Crippen molar-refractivity contribution >= 4 is 11.3 Å². The molecule has 0 saturated carbocycles. The summed E-state index contributed by atoms with van der Waals surface area (Å²) in [6, 6.07) is 0. The second-order valence-electron chi connectivity index (χ2n) is 11.6. The first-order valence-electron chi connectivity index (χ1n) is 16.3. The van der Waals surface area contributed by atoms with Crippen LogP contribution in [-0.2, 0) is 9.47 Å². The van der Waals surface area contributed by atoms with Crippen LogP contribution >= 0.6 is 11.3 Å². The van der Waals surface area contributed by atoms with Crippen molar-refractivity contribution in [3.8, 4) is 11.5 Å². The molecule has 1 aromatic heterocycles. The van der Waals surface area contributed by atoms with Gasteiger partial charge in [-0.25, -0.2) is 0 Å². The molecule has 0 radical (unpaired) electrons. The van der Waals surface area contributed by atoms with Crippen LogP contribution in [-0.4, -0.2) is 39.6 Å². The van der Waals surface area contributed by atoms with Crippen molar-refractivity contribution in [3.63, 3.8) is 0 Å². The minimum absolute atomic E-state index is 0.242. The number of unbranched alkanes of at least 4 members (excludes halogenated alkanes) is 18. The Bertz CT molecular complexity index is 594. The molecule has 2 rings (SSSR count). The molecule has 0 saturated heterocycles. The van der Waals surface area contributed by atoms with Crippen LogP contribution in [0.1, 0.15) is 142 Å². The molecule has 38 heavy (non-hydrogen) atoms. The van der Waals surface area contributed by atoms with Gasteiger partial charge in [0.05, 0.1) is 18.6 Å². The van der Waals surface area contributed by atoms with Gasteiger partial charge in [0.1, 0.15) is 13.2 Å². The van der Waals surface area contributed by atoms with Gasteiger partial charge in [0, 0.05) is 24.0 Å². The van der Waals surface area contributed by atoms with Crippen molar-refractivity contribution in [2.45, 2.75) is 142 Å². The predicted molar refractivity (Wildman–Crippen MR) is 163 cm³/mol. The van der Waals surface area contributed by atoms with Crippen molar-refractivity contribution in [1.29, 1.82) is 0 Å². The minimum atomic E-state index is -0.242. The monoisotopic (exact) mass is 552 g/mol. The summed E-state index contributed by atoms with van der Waals surface area (Å²) in [6.07, 6.45) is 26.9. The zero-order valence-electron chi connectivity index (χ0n) is 25.1. The fourth-order valence-electron chi connectivity index (χ4n) is 5.16. The van der Waals surface area contributed by atoms with E-state index in [1.807, 2.05) is 10.8 Å². The molecule has 1 aliphatic rings. The SMILES string of the molecule is CCCCCCCCCCCCOCC1(COCCCCCCCCCCCC)COc2cscc2OC1. The molecule has 1 aromatic rings. The maximum atomic E-state index is 6.20. The van der Waals surface area contributed by atoms with Gasteiger partial charge in [-0.2, -0.15) is 0 Å². The summed E-state index contributed by atoms with van der Waals surface area (Å²) in [6.45, 7) is 8.65. The lowest BCUT2D eigenvalue weighted by Gasteiger charge is -2.30. The van der Waals surface area contributed by atoms with E-state index in [2.05, 4.69) is 13.8 Å². The molecule has 0 N–H and O–H groups in total. The highest BCUT2D eigenvalue weighted by Crippen LogP contribution is 2.37. The third-order valence-electron chi connectivity index (χ3n) is 7.76. The molecule has 1 aliphatic heterocycles. The Labute approximate surface area is 239 Å². The highest BCUT2D eigenvalue weighted by Gasteiger charge is 2.36. The first-order chi connectivity index (χ1) is 18.8. The highest BCUT2D eigenvalue weighted by atomic mass is 32.1. The van der Waals surface area contributed by atoms with Crippen molar-refractivity contribution in [1.82, 2.24) is 0 Å². The molecule has 0 fully saturated rings. The summed E-state index contributed by atoms with van der Waals surface area (Å²) in [7, 11) is 0. The molecule has 0 spiro atoms. The normalized spacial score (nSPS) is 14.6. The highest BCUT2D eigenvalue weighted by molar-refractivity contribution is 7.08. The van der Waals surface area contributed by atoms with E-state index >= 15 is 0 Å². The van der Waals surface area contributed by atoms with E-state index in [0.717, 1.165) is 37.6 Å². The smallest absolute Gasteiger partial charge is 0.171 e. The fraction of sp³-hybridized carbons (Fsp3) is 0.879. The van der Waals surface area contributed by atoms with Crippen LogP contribution in [0, 0.1) is 5.41 Å². The van der Waals surface area contributed by atoms with Crippen molar-refractivity contribution in [2.75, 3.05) is 39.6 Å². The van der Waals surface area contributed by atoms with Crippen LogP contribution in [0.15, 0.2) is 10.8 Å². The second-order valence-corrected chi connectivity index (χ2v) is 12.4. The van der Waals surface area contributed by atoms with Crippen LogP contribution in [0.2, 0.25) is 0 Å².